The molecule has 7 heteroatoms. The molecule has 0 aliphatic rings. The van der Waals surface area contributed by atoms with E-state index in [4.69, 9.17) is 5.73 Å². The third kappa shape index (κ3) is 2.98. The molecule has 2 aromatic heterocycles. The van der Waals surface area contributed by atoms with Crippen LogP contribution in [0.2, 0.25) is 0 Å². The summed E-state index contributed by atoms with van der Waals surface area (Å²) in [4.78, 5) is 5.35. The maximum Gasteiger partial charge on any atom is 0.138 e. The second-order valence-corrected chi connectivity index (χ2v) is 5.99. The third-order valence-electron chi connectivity index (χ3n) is 2.96. The summed E-state index contributed by atoms with van der Waals surface area (Å²) in [6.07, 6.45) is 2.23. The van der Waals surface area contributed by atoms with Crippen molar-refractivity contribution in [1.29, 1.82) is 0 Å². The first-order chi connectivity index (χ1) is 9.00. The van der Waals surface area contributed by atoms with Crippen molar-refractivity contribution in [2.75, 3.05) is 0 Å². The first-order valence-corrected chi connectivity index (χ1v) is 7.24. The minimum atomic E-state index is -0.126. The van der Waals surface area contributed by atoms with E-state index in [0.29, 0.717) is 12.3 Å². The number of nitrogens with two attached hydrogens (primary N) is 1. The highest BCUT2D eigenvalue weighted by Gasteiger charge is 2.20. The normalized spacial score (nSPS) is 13.4. The Kier molecular flexibility index (Phi) is 4.26. The molecule has 0 bridgehead atoms. The fraction of sp³-hybridized carbons (Fsp3) is 0.667. The Labute approximate surface area is 117 Å². The van der Waals surface area contributed by atoms with Crippen molar-refractivity contribution >= 4 is 11.5 Å². The molecule has 0 aliphatic heterocycles. The van der Waals surface area contributed by atoms with Gasteiger partial charge >= 0.3 is 0 Å². The van der Waals surface area contributed by atoms with Gasteiger partial charge in [-0.15, -0.1) is 5.10 Å². The van der Waals surface area contributed by atoms with E-state index in [1.165, 1.54) is 11.5 Å². The molecular formula is C12H20N6S. The molecule has 1 atom stereocenters. The van der Waals surface area contributed by atoms with Crippen molar-refractivity contribution in [1.82, 2.24) is 24.4 Å². The van der Waals surface area contributed by atoms with Gasteiger partial charge in [0.15, 0.2) is 0 Å². The predicted octanol–water partition coefficient (Wildman–Crippen LogP) is 2.08. The van der Waals surface area contributed by atoms with Crippen molar-refractivity contribution in [3.05, 3.63) is 22.7 Å². The van der Waals surface area contributed by atoms with Crippen molar-refractivity contribution in [3.8, 4) is 0 Å². The largest absolute Gasteiger partial charge is 0.323 e. The quantitative estimate of drug-likeness (QED) is 0.906. The molecule has 19 heavy (non-hydrogen) atoms. The monoisotopic (exact) mass is 280 g/mol. The first-order valence-electron chi connectivity index (χ1n) is 6.46. The second kappa shape index (κ2) is 5.75. The van der Waals surface area contributed by atoms with Gasteiger partial charge in [0.2, 0.25) is 0 Å². The molecule has 0 radical (unpaired) electrons. The number of hydrogen-bond donors (Lipinski definition) is 1. The van der Waals surface area contributed by atoms with Crippen LogP contribution in [0.4, 0.5) is 0 Å². The summed E-state index contributed by atoms with van der Waals surface area (Å²) < 4.78 is 5.93. The van der Waals surface area contributed by atoms with E-state index in [1.54, 1.807) is 6.33 Å². The zero-order chi connectivity index (χ0) is 14.0. The van der Waals surface area contributed by atoms with E-state index in [9.17, 15) is 0 Å². The summed E-state index contributed by atoms with van der Waals surface area (Å²) in [5.74, 6) is 1.24. The Hall–Kier alpha value is -1.34. The van der Waals surface area contributed by atoms with Gasteiger partial charge in [-0.2, -0.15) is 5.10 Å². The number of aromatic nitrogens is 5. The predicted molar refractivity (Wildman–Crippen MR) is 75.0 cm³/mol. The van der Waals surface area contributed by atoms with Crippen LogP contribution in [0.3, 0.4) is 0 Å². The zero-order valence-electron chi connectivity index (χ0n) is 11.7. The molecule has 2 heterocycles. The van der Waals surface area contributed by atoms with Crippen LogP contribution < -0.4 is 5.73 Å². The zero-order valence-corrected chi connectivity index (χ0v) is 12.6. The van der Waals surface area contributed by atoms with E-state index in [2.05, 4.69) is 47.4 Å². The molecule has 0 saturated carbocycles. The van der Waals surface area contributed by atoms with Crippen molar-refractivity contribution in [3.63, 3.8) is 0 Å². The van der Waals surface area contributed by atoms with Gasteiger partial charge in [0.05, 0.1) is 10.6 Å². The molecule has 0 aromatic carbocycles. The lowest BCUT2D eigenvalue weighted by molar-refractivity contribution is 0.493. The maximum atomic E-state index is 6.29. The highest BCUT2D eigenvalue weighted by Crippen LogP contribution is 2.26. The Morgan fingerprint density at radius 2 is 2.05 bits per heavy atom. The van der Waals surface area contributed by atoms with Gasteiger partial charge < -0.3 is 5.73 Å². The van der Waals surface area contributed by atoms with Crippen LogP contribution >= 0.6 is 11.5 Å². The van der Waals surface area contributed by atoms with E-state index >= 15 is 0 Å². The van der Waals surface area contributed by atoms with Crippen LogP contribution in [0.5, 0.6) is 0 Å². The molecule has 0 saturated heterocycles. The molecule has 0 aliphatic carbocycles. The minimum Gasteiger partial charge on any atom is -0.323 e. The lowest BCUT2D eigenvalue weighted by Crippen LogP contribution is -2.18. The number of nitrogens with zero attached hydrogens (tertiary/aromatic N) is 5. The summed E-state index contributed by atoms with van der Waals surface area (Å²) in [7, 11) is 0. The topological polar surface area (TPSA) is 82.5 Å². The van der Waals surface area contributed by atoms with Gasteiger partial charge in [0, 0.05) is 18.5 Å². The van der Waals surface area contributed by atoms with Crippen LogP contribution in [-0.2, 0) is 6.42 Å². The van der Waals surface area contributed by atoms with Crippen LogP contribution in [-0.4, -0.2) is 24.4 Å². The average Bonchev–Trinajstić information content (AvgIpc) is 2.96. The molecule has 104 valence electrons. The Morgan fingerprint density at radius 3 is 2.68 bits per heavy atom. The van der Waals surface area contributed by atoms with Crippen LogP contribution in [0.1, 0.15) is 62.1 Å². The molecule has 0 amide bonds. The van der Waals surface area contributed by atoms with Crippen LogP contribution in [0.25, 0.3) is 0 Å². The van der Waals surface area contributed by atoms with Gasteiger partial charge in [-0.05, 0) is 31.3 Å². The standard InChI is InChI=1S/C12H20N6S/c1-7(2)11-12(19-17-16-11)9(13)5-10-14-6-15-18(10)8(3)4/h6-9H,5,13H2,1-4H3. The SMILES string of the molecule is CC(C)c1nnsc1C(N)Cc1ncnn1C(C)C. The molecule has 1 unspecified atom stereocenters. The molecular weight excluding hydrogens is 260 g/mol. The summed E-state index contributed by atoms with van der Waals surface area (Å²) in [6.45, 7) is 8.36. The Bertz CT molecular complexity index is 530. The molecule has 6 nitrogen and oxygen atoms in total. The van der Waals surface area contributed by atoms with E-state index in [0.717, 1.165) is 16.4 Å². The summed E-state index contributed by atoms with van der Waals surface area (Å²) >= 11 is 1.38. The number of hydrogen-bond acceptors (Lipinski definition) is 6. The van der Waals surface area contributed by atoms with E-state index in [1.807, 2.05) is 4.68 Å². The molecule has 0 spiro atoms. The van der Waals surface area contributed by atoms with Crippen molar-refractivity contribution in [2.45, 2.75) is 52.1 Å². The molecule has 2 N–H and O–H groups in total. The van der Waals surface area contributed by atoms with Crippen LogP contribution in [0.15, 0.2) is 6.33 Å². The average molecular weight is 280 g/mol. The fourth-order valence-electron chi connectivity index (χ4n) is 2.00. The highest BCUT2D eigenvalue weighted by molar-refractivity contribution is 7.05. The Morgan fingerprint density at radius 1 is 1.32 bits per heavy atom. The van der Waals surface area contributed by atoms with E-state index < -0.39 is 0 Å². The fourth-order valence-corrected chi connectivity index (χ4v) is 2.81. The van der Waals surface area contributed by atoms with Gasteiger partial charge in [0.25, 0.3) is 0 Å². The molecule has 2 aromatic rings. The summed E-state index contributed by atoms with van der Waals surface area (Å²) in [5.41, 5.74) is 7.28. The minimum absolute atomic E-state index is 0.126. The van der Waals surface area contributed by atoms with Gasteiger partial charge in [-0.25, -0.2) is 9.67 Å². The van der Waals surface area contributed by atoms with Gasteiger partial charge in [-0.3, -0.25) is 0 Å². The lowest BCUT2D eigenvalue weighted by atomic mass is 10.0. The third-order valence-corrected chi connectivity index (χ3v) is 3.83. The second-order valence-electron chi connectivity index (χ2n) is 5.20. The smallest absolute Gasteiger partial charge is 0.138 e. The summed E-state index contributed by atoms with van der Waals surface area (Å²) in [5, 5.41) is 8.40. The highest BCUT2D eigenvalue weighted by atomic mass is 32.1. The lowest BCUT2D eigenvalue weighted by Gasteiger charge is -2.14. The summed E-state index contributed by atoms with van der Waals surface area (Å²) in [6, 6.07) is 0.160. The molecule has 0 fully saturated rings. The van der Waals surface area contributed by atoms with Crippen molar-refractivity contribution < 1.29 is 0 Å². The van der Waals surface area contributed by atoms with Crippen LogP contribution in [0, 0.1) is 0 Å². The number of rotatable bonds is 5. The van der Waals surface area contributed by atoms with Crippen molar-refractivity contribution in [2.24, 2.45) is 5.73 Å². The maximum absolute atomic E-state index is 6.29. The first kappa shape index (κ1) is 14.1. The van der Waals surface area contributed by atoms with Gasteiger partial charge in [-0.1, -0.05) is 18.3 Å². The molecule has 2 rings (SSSR count). The van der Waals surface area contributed by atoms with E-state index in [-0.39, 0.29) is 12.1 Å². The van der Waals surface area contributed by atoms with Gasteiger partial charge in [0.1, 0.15) is 12.2 Å². The Balaban J connectivity index is 2.19.